The van der Waals surface area contributed by atoms with Crippen LogP contribution in [0.25, 0.3) is 0 Å². The molecule has 0 aliphatic heterocycles. The molecule has 0 aromatic heterocycles. The number of aliphatic hydroxyl groups excluding tert-OH is 1. The Kier molecular flexibility index (Phi) is 3.01. The average Bonchev–Trinajstić information content (AvgIpc) is 3.12. The molecule has 16 heavy (non-hydrogen) atoms. The van der Waals surface area contributed by atoms with Gasteiger partial charge in [0.1, 0.15) is 0 Å². The van der Waals surface area contributed by atoms with E-state index >= 15 is 0 Å². The zero-order valence-electron chi connectivity index (χ0n) is 9.13. The number of aliphatic hydroxyl groups is 1. The zero-order valence-corrected chi connectivity index (χ0v) is 9.94. The third-order valence-electron chi connectivity index (χ3n) is 2.82. The predicted molar refractivity (Wildman–Crippen MR) is 60.3 cm³/mol. The highest BCUT2D eigenvalue weighted by atomic mass is 32.2. The maximum atomic E-state index is 12.1. The van der Waals surface area contributed by atoms with Crippen LogP contribution < -0.4 is 0 Å². The summed E-state index contributed by atoms with van der Waals surface area (Å²) in [6, 6.07) is 6.60. The maximum Gasteiger partial charge on any atom is 0.243 e. The Labute approximate surface area is 95.6 Å². The molecule has 2 rings (SSSR count). The van der Waals surface area contributed by atoms with Gasteiger partial charge in [0.25, 0.3) is 0 Å². The molecule has 1 aromatic rings. The highest BCUT2D eigenvalue weighted by Gasteiger charge is 2.34. The van der Waals surface area contributed by atoms with E-state index < -0.39 is 10.0 Å². The van der Waals surface area contributed by atoms with Gasteiger partial charge in [-0.3, -0.25) is 0 Å². The summed E-state index contributed by atoms with van der Waals surface area (Å²) in [6.07, 6.45) is 1.88. The lowest BCUT2D eigenvalue weighted by atomic mass is 10.2. The third-order valence-corrected chi connectivity index (χ3v) is 4.73. The molecule has 1 aromatic carbocycles. The van der Waals surface area contributed by atoms with Crippen molar-refractivity contribution >= 4 is 10.0 Å². The molecule has 1 fully saturated rings. The molecule has 1 aliphatic rings. The second kappa shape index (κ2) is 4.16. The normalized spacial score (nSPS) is 16.7. The first-order valence-corrected chi connectivity index (χ1v) is 6.67. The van der Waals surface area contributed by atoms with Crippen LogP contribution in [-0.4, -0.2) is 30.9 Å². The first-order valence-electron chi connectivity index (χ1n) is 5.23. The molecular weight excluding hydrogens is 226 g/mol. The molecule has 0 atom stereocenters. The summed E-state index contributed by atoms with van der Waals surface area (Å²) in [7, 11) is -1.78. The fraction of sp³-hybridized carbons (Fsp3) is 0.455. The summed E-state index contributed by atoms with van der Waals surface area (Å²) in [4.78, 5) is 0.258. The lowest BCUT2D eigenvalue weighted by Gasteiger charge is -2.16. The largest absolute Gasteiger partial charge is 0.392 e. The monoisotopic (exact) mass is 241 g/mol. The number of hydrogen-bond acceptors (Lipinski definition) is 3. The first-order chi connectivity index (χ1) is 7.55. The molecule has 1 N–H and O–H groups in total. The molecule has 0 unspecified atom stereocenters. The molecule has 5 heteroatoms. The lowest BCUT2D eigenvalue weighted by Crippen LogP contribution is -2.28. The van der Waals surface area contributed by atoms with Crippen molar-refractivity contribution in [3.8, 4) is 0 Å². The van der Waals surface area contributed by atoms with Crippen LogP contribution in [0.2, 0.25) is 0 Å². The van der Waals surface area contributed by atoms with Crippen LogP contribution >= 0.6 is 0 Å². The van der Waals surface area contributed by atoms with Crippen LogP contribution in [0.5, 0.6) is 0 Å². The van der Waals surface area contributed by atoms with Gasteiger partial charge in [-0.2, -0.15) is 4.31 Å². The SMILES string of the molecule is CN(C1CC1)S(=O)(=O)c1cccc(CO)c1. The van der Waals surface area contributed by atoms with Gasteiger partial charge in [-0.15, -0.1) is 0 Å². The third kappa shape index (κ3) is 2.11. The summed E-state index contributed by atoms with van der Waals surface area (Å²) in [5.74, 6) is 0. The Morgan fingerprint density at radius 1 is 1.44 bits per heavy atom. The van der Waals surface area contributed by atoms with Gasteiger partial charge in [0.15, 0.2) is 0 Å². The highest BCUT2D eigenvalue weighted by molar-refractivity contribution is 7.89. The Morgan fingerprint density at radius 2 is 2.12 bits per heavy atom. The van der Waals surface area contributed by atoms with E-state index in [0.717, 1.165) is 12.8 Å². The van der Waals surface area contributed by atoms with Crippen molar-refractivity contribution in [1.29, 1.82) is 0 Å². The molecular formula is C11H15NO3S. The van der Waals surface area contributed by atoms with Gasteiger partial charge in [0, 0.05) is 13.1 Å². The minimum absolute atomic E-state index is 0.142. The Hall–Kier alpha value is -0.910. The standard InChI is InChI=1S/C11H15NO3S/c1-12(10-5-6-10)16(14,15)11-4-2-3-9(7-11)8-13/h2-4,7,10,13H,5-6,8H2,1H3. The van der Waals surface area contributed by atoms with Gasteiger partial charge in [0.2, 0.25) is 10.0 Å². The quantitative estimate of drug-likeness (QED) is 0.854. The van der Waals surface area contributed by atoms with E-state index in [4.69, 9.17) is 5.11 Å². The van der Waals surface area contributed by atoms with Crippen molar-refractivity contribution in [2.75, 3.05) is 7.05 Å². The van der Waals surface area contributed by atoms with E-state index in [1.807, 2.05) is 0 Å². The maximum absolute atomic E-state index is 12.1. The second-order valence-corrected chi connectivity index (χ2v) is 6.06. The average molecular weight is 241 g/mol. The predicted octanol–water partition coefficient (Wildman–Crippen LogP) is 0.962. The Balaban J connectivity index is 2.34. The topological polar surface area (TPSA) is 57.6 Å². The molecule has 0 spiro atoms. The number of sulfonamides is 1. The van der Waals surface area contributed by atoms with Crippen molar-refractivity contribution in [3.63, 3.8) is 0 Å². The molecule has 0 bridgehead atoms. The van der Waals surface area contributed by atoms with Crippen LogP contribution in [0.1, 0.15) is 18.4 Å². The minimum atomic E-state index is -3.39. The van der Waals surface area contributed by atoms with E-state index in [1.165, 1.54) is 10.4 Å². The summed E-state index contributed by atoms with van der Waals surface area (Å²) in [5, 5.41) is 8.98. The van der Waals surface area contributed by atoms with Gasteiger partial charge >= 0.3 is 0 Å². The minimum Gasteiger partial charge on any atom is -0.392 e. The number of hydrogen-bond donors (Lipinski definition) is 1. The molecule has 0 saturated heterocycles. The number of nitrogens with zero attached hydrogens (tertiary/aromatic N) is 1. The van der Waals surface area contributed by atoms with Crippen molar-refractivity contribution < 1.29 is 13.5 Å². The van der Waals surface area contributed by atoms with Crippen LogP contribution in [0.3, 0.4) is 0 Å². The van der Waals surface area contributed by atoms with E-state index in [2.05, 4.69) is 0 Å². The fourth-order valence-electron chi connectivity index (χ4n) is 1.60. The van der Waals surface area contributed by atoms with Crippen molar-refractivity contribution in [3.05, 3.63) is 29.8 Å². The second-order valence-electron chi connectivity index (χ2n) is 4.06. The van der Waals surface area contributed by atoms with Gasteiger partial charge < -0.3 is 5.11 Å². The van der Waals surface area contributed by atoms with Crippen LogP contribution in [0.15, 0.2) is 29.2 Å². The highest BCUT2D eigenvalue weighted by Crippen LogP contribution is 2.30. The molecule has 0 radical (unpaired) electrons. The van der Waals surface area contributed by atoms with Crippen LogP contribution in [0, 0.1) is 0 Å². The Bertz CT molecular complexity index is 480. The summed E-state index contributed by atoms with van der Waals surface area (Å²) >= 11 is 0. The van der Waals surface area contributed by atoms with E-state index in [0.29, 0.717) is 5.56 Å². The fourth-order valence-corrected chi connectivity index (χ4v) is 3.09. The van der Waals surface area contributed by atoms with Crippen LogP contribution in [-0.2, 0) is 16.6 Å². The number of benzene rings is 1. The van der Waals surface area contributed by atoms with Crippen molar-refractivity contribution in [2.24, 2.45) is 0 Å². The summed E-state index contributed by atoms with van der Waals surface area (Å²) < 4.78 is 25.7. The van der Waals surface area contributed by atoms with E-state index in [-0.39, 0.29) is 17.5 Å². The summed E-state index contributed by atoms with van der Waals surface area (Å²) in [5.41, 5.74) is 0.616. The number of rotatable bonds is 4. The molecule has 88 valence electrons. The van der Waals surface area contributed by atoms with Crippen molar-refractivity contribution in [2.45, 2.75) is 30.4 Å². The van der Waals surface area contributed by atoms with Gasteiger partial charge in [-0.25, -0.2) is 8.42 Å². The molecule has 0 amide bonds. The van der Waals surface area contributed by atoms with Gasteiger partial charge in [-0.1, -0.05) is 12.1 Å². The van der Waals surface area contributed by atoms with E-state index in [9.17, 15) is 8.42 Å². The van der Waals surface area contributed by atoms with E-state index in [1.54, 1.807) is 25.2 Å². The smallest absolute Gasteiger partial charge is 0.243 e. The van der Waals surface area contributed by atoms with Gasteiger partial charge in [-0.05, 0) is 30.5 Å². The van der Waals surface area contributed by atoms with Gasteiger partial charge in [0.05, 0.1) is 11.5 Å². The summed E-state index contributed by atoms with van der Waals surface area (Å²) in [6.45, 7) is -0.142. The van der Waals surface area contributed by atoms with Crippen molar-refractivity contribution in [1.82, 2.24) is 4.31 Å². The zero-order chi connectivity index (χ0) is 11.8. The lowest BCUT2D eigenvalue weighted by molar-refractivity contribution is 0.281. The molecule has 1 saturated carbocycles. The Morgan fingerprint density at radius 3 is 2.69 bits per heavy atom. The molecule has 1 aliphatic carbocycles. The van der Waals surface area contributed by atoms with Crippen LogP contribution in [0.4, 0.5) is 0 Å². The first kappa shape index (κ1) is 11.6. The molecule has 4 nitrogen and oxygen atoms in total. The molecule has 0 heterocycles.